The smallest absolute Gasteiger partial charge is 0.315 e. The number of amides is 2. The number of piperazine rings is 1. The maximum Gasteiger partial charge on any atom is 0.315 e. The molecule has 6 nitrogen and oxygen atoms in total. The Morgan fingerprint density at radius 1 is 1.83 bits per heavy atom. The summed E-state index contributed by atoms with van der Waals surface area (Å²) < 4.78 is 0. The van der Waals surface area contributed by atoms with Crippen LogP contribution in [-0.2, 0) is 5.54 Å². The molecule has 0 aliphatic carbocycles. The maximum atomic E-state index is 11.5. The van der Waals surface area contributed by atoms with Crippen LogP contribution in [-0.4, -0.2) is 47.3 Å². The van der Waals surface area contributed by atoms with E-state index in [9.17, 15) is 9.90 Å². The largest absolute Gasteiger partial charge is 0.393 e. The fourth-order valence-electron chi connectivity index (χ4n) is 2.12. The van der Waals surface area contributed by atoms with E-state index in [0.717, 1.165) is 0 Å². The number of urea groups is 1. The standard InChI is InChI=1S/C11H14N4O2S/c1-2-9-14-8(5-18-9)11(7-16)6-13-3-4-15(11)10(12)17/h1,5,13,16H,3-4,6-7H2,(H2,12,17). The third-order valence-corrected chi connectivity index (χ3v) is 3.85. The highest BCUT2D eigenvalue weighted by molar-refractivity contribution is 7.10. The SMILES string of the molecule is C#Cc1nc(C2(CO)CNCCN2C(N)=O)cs1. The Hall–Kier alpha value is -1.62. The van der Waals surface area contributed by atoms with Crippen molar-refractivity contribution in [2.45, 2.75) is 5.54 Å². The molecule has 18 heavy (non-hydrogen) atoms. The predicted molar refractivity (Wildman–Crippen MR) is 68.0 cm³/mol. The summed E-state index contributed by atoms with van der Waals surface area (Å²) in [6.45, 7) is 1.21. The van der Waals surface area contributed by atoms with Gasteiger partial charge in [0.1, 0.15) is 5.54 Å². The van der Waals surface area contributed by atoms with E-state index in [-0.39, 0.29) is 6.61 Å². The van der Waals surface area contributed by atoms with E-state index in [1.165, 1.54) is 16.2 Å². The number of thiazole rings is 1. The first-order valence-corrected chi connectivity index (χ1v) is 6.33. The molecule has 1 unspecified atom stereocenters. The molecule has 1 atom stereocenters. The molecule has 1 fully saturated rings. The molecule has 7 heteroatoms. The minimum absolute atomic E-state index is 0.253. The topological polar surface area (TPSA) is 91.5 Å². The molecule has 0 saturated carbocycles. The van der Waals surface area contributed by atoms with Gasteiger partial charge in [0, 0.05) is 25.0 Å². The number of aliphatic hydroxyl groups excluding tert-OH is 1. The number of hydrogen-bond acceptors (Lipinski definition) is 5. The maximum absolute atomic E-state index is 11.5. The molecule has 96 valence electrons. The van der Waals surface area contributed by atoms with Gasteiger partial charge in [-0.1, -0.05) is 0 Å². The van der Waals surface area contributed by atoms with Crippen molar-refractivity contribution in [1.29, 1.82) is 0 Å². The van der Waals surface area contributed by atoms with Gasteiger partial charge in [-0.25, -0.2) is 9.78 Å². The average molecular weight is 266 g/mol. The molecule has 0 radical (unpaired) electrons. The molecule has 0 bridgehead atoms. The molecule has 0 aromatic carbocycles. The van der Waals surface area contributed by atoms with E-state index in [4.69, 9.17) is 12.2 Å². The first kappa shape index (κ1) is 12.8. The van der Waals surface area contributed by atoms with Crippen LogP contribution in [0.25, 0.3) is 0 Å². The zero-order valence-electron chi connectivity index (χ0n) is 9.72. The molecule has 1 aliphatic heterocycles. The van der Waals surface area contributed by atoms with Gasteiger partial charge < -0.3 is 21.1 Å². The summed E-state index contributed by atoms with van der Waals surface area (Å²) in [6.07, 6.45) is 5.29. The van der Waals surface area contributed by atoms with Crippen LogP contribution in [0.3, 0.4) is 0 Å². The van der Waals surface area contributed by atoms with Crippen molar-refractivity contribution < 1.29 is 9.90 Å². The van der Waals surface area contributed by atoms with E-state index in [1.54, 1.807) is 5.38 Å². The lowest BCUT2D eigenvalue weighted by molar-refractivity contribution is 0.0349. The van der Waals surface area contributed by atoms with Gasteiger partial charge in [0.05, 0.1) is 12.3 Å². The fourth-order valence-corrected chi connectivity index (χ4v) is 2.84. The Morgan fingerprint density at radius 2 is 2.61 bits per heavy atom. The van der Waals surface area contributed by atoms with Crippen LogP contribution in [0, 0.1) is 12.3 Å². The van der Waals surface area contributed by atoms with Gasteiger partial charge in [0.25, 0.3) is 0 Å². The van der Waals surface area contributed by atoms with Crippen LogP contribution >= 0.6 is 11.3 Å². The van der Waals surface area contributed by atoms with E-state index >= 15 is 0 Å². The van der Waals surface area contributed by atoms with Crippen molar-refractivity contribution in [2.75, 3.05) is 26.2 Å². The second kappa shape index (κ2) is 4.94. The quantitative estimate of drug-likeness (QED) is 0.617. The van der Waals surface area contributed by atoms with Gasteiger partial charge in [0.2, 0.25) is 0 Å². The number of carbonyl (C=O) groups is 1. The number of aliphatic hydroxyl groups is 1. The summed E-state index contributed by atoms with van der Waals surface area (Å²) in [5, 5.41) is 15.1. The van der Waals surface area contributed by atoms with E-state index in [0.29, 0.717) is 30.3 Å². The molecule has 2 heterocycles. The molecule has 1 aromatic heterocycles. The van der Waals surface area contributed by atoms with Crippen LogP contribution in [0.1, 0.15) is 10.7 Å². The summed E-state index contributed by atoms with van der Waals surface area (Å²) in [5.74, 6) is 2.44. The van der Waals surface area contributed by atoms with Gasteiger partial charge in [0.15, 0.2) is 5.01 Å². The Balaban J connectivity index is 2.44. The van der Waals surface area contributed by atoms with Gasteiger partial charge in [-0.15, -0.1) is 17.8 Å². The molecule has 2 rings (SSSR count). The van der Waals surface area contributed by atoms with Crippen LogP contribution in [0.15, 0.2) is 5.38 Å². The third-order valence-electron chi connectivity index (χ3n) is 3.08. The van der Waals surface area contributed by atoms with Crippen molar-refractivity contribution >= 4 is 17.4 Å². The van der Waals surface area contributed by atoms with E-state index < -0.39 is 11.6 Å². The molecule has 1 aromatic rings. The van der Waals surface area contributed by atoms with Crippen molar-refractivity contribution in [3.8, 4) is 12.3 Å². The van der Waals surface area contributed by atoms with Gasteiger partial charge in [-0.05, 0) is 5.92 Å². The number of nitrogens with two attached hydrogens (primary N) is 1. The predicted octanol–water partition coefficient (Wildman–Crippen LogP) is -0.704. The summed E-state index contributed by atoms with van der Waals surface area (Å²) in [6, 6.07) is -0.569. The number of rotatable bonds is 2. The lowest BCUT2D eigenvalue weighted by Crippen LogP contribution is -2.64. The molecule has 4 N–H and O–H groups in total. The van der Waals surface area contributed by atoms with Gasteiger partial charge >= 0.3 is 6.03 Å². The van der Waals surface area contributed by atoms with Crippen LogP contribution in [0.4, 0.5) is 4.79 Å². The van der Waals surface area contributed by atoms with Crippen molar-refractivity contribution in [1.82, 2.24) is 15.2 Å². The first-order valence-electron chi connectivity index (χ1n) is 5.45. The lowest BCUT2D eigenvalue weighted by atomic mass is 9.92. The average Bonchev–Trinajstić information content (AvgIpc) is 2.87. The monoisotopic (exact) mass is 266 g/mol. The van der Waals surface area contributed by atoms with Gasteiger partial charge in [-0.3, -0.25) is 0 Å². The Kier molecular flexibility index (Phi) is 3.52. The van der Waals surface area contributed by atoms with E-state index in [1.807, 2.05) is 0 Å². The molecular weight excluding hydrogens is 252 g/mol. The summed E-state index contributed by atoms with van der Waals surface area (Å²) in [4.78, 5) is 17.2. The van der Waals surface area contributed by atoms with Gasteiger partial charge in [-0.2, -0.15) is 0 Å². The zero-order chi connectivity index (χ0) is 13.2. The molecule has 0 spiro atoms. The number of hydrogen-bond donors (Lipinski definition) is 3. The highest BCUT2D eigenvalue weighted by Crippen LogP contribution is 2.30. The number of terminal acetylenes is 1. The number of carbonyl (C=O) groups excluding carboxylic acids is 1. The summed E-state index contributed by atoms with van der Waals surface area (Å²) in [5.41, 5.74) is 5.04. The molecule has 1 aliphatic rings. The second-order valence-electron chi connectivity index (χ2n) is 4.04. The van der Waals surface area contributed by atoms with Crippen LogP contribution in [0.2, 0.25) is 0 Å². The molecule has 2 amide bonds. The minimum atomic E-state index is -0.921. The van der Waals surface area contributed by atoms with Crippen molar-refractivity contribution in [2.24, 2.45) is 5.73 Å². The molecule has 1 saturated heterocycles. The Labute approximate surface area is 109 Å². The molecular formula is C11H14N4O2S. The number of aromatic nitrogens is 1. The minimum Gasteiger partial charge on any atom is -0.393 e. The van der Waals surface area contributed by atoms with Crippen LogP contribution in [0.5, 0.6) is 0 Å². The zero-order valence-corrected chi connectivity index (χ0v) is 10.5. The number of primary amides is 1. The Bertz CT molecular complexity index is 495. The van der Waals surface area contributed by atoms with Crippen molar-refractivity contribution in [3.05, 3.63) is 16.1 Å². The normalized spacial score (nSPS) is 23.7. The number of nitrogens with one attached hydrogen (secondary N) is 1. The summed E-state index contributed by atoms with van der Waals surface area (Å²) >= 11 is 1.31. The van der Waals surface area contributed by atoms with Crippen molar-refractivity contribution in [3.63, 3.8) is 0 Å². The van der Waals surface area contributed by atoms with E-state index in [2.05, 4.69) is 16.2 Å². The summed E-state index contributed by atoms with van der Waals surface area (Å²) in [7, 11) is 0. The third kappa shape index (κ3) is 1.95. The highest BCUT2D eigenvalue weighted by Gasteiger charge is 2.44. The highest BCUT2D eigenvalue weighted by atomic mass is 32.1. The first-order chi connectivity index (χ1) is 8.64. The Morgan fingerprint density at radius 3 is 3.17 bits per heavy atom. The lowest BCUT2D eigenvalue weighted by Gasteiger charge is -2.44. The number of nitrogens with zero attached hydrogens (tertiary/aromatic N) is 2. The fraction of sp³-hybridized carbons (Fsp3) is 0.455. The van der Waals surface area contributed by atoms with Crippen LogP contribution < -0.4 is 11.1 Å². The second-order valence-corrected chi connectivity index (χ2v) is 4.90.